The Labute approximate surface area is 146 Å². The average molecular weight is 393 g/mol. The number of rotatable bonds is 5. The largest absolute Gasteiger partial charge is 0.446 e. The fourth-order valence-electron chi connectivity index (χ4n) is 1.71. The van der Waals surface area contributed by atoms with Gasteiger partial charge in [-0.15, -0.1) is 0 Å². The third kappa shape index (κ3) is 5.46. The number of nitrogens with zero attached hydrogens (tertiary/aromatic N) is 4. The van der Waals surface area contributed by atoms with Gasteiger partial charge in [0.1, 0.15) is 5.82 Å². The van der Waals surface area contributed by atoms with Crippen LogP contribution in [-0.4, -0.2) is 43.0 Å². The van der Waals surface area contributed by atoms with Crippen molar-refractivity contribution in [3.8, 4) is 0 Å². The summed E-state index contributed by atoms with van der Waals surface area (Å²) in [7, 11) is -0.676. The van der Waals surface area contributed by atoms with E-state index < -0.39 is 15.5 Å². The van der Waals surface area contributed by atoms with Crippen LogP contribution in [0.2, 0.25) is 0 Å². The molecule has 2 aromatic rings. The molecule has 0 saturated carbocycles. The molecule has 0 radical (unpaired) electrons. The van der Waals surface area contributed by atoms with E-state index in [1.165, 1.54) is 0 Å². The second-order valence-electron chi connectivity index (χ2n) is 5.03. The van der Waals surface area contributed by atoms with Gasteiger partial charge in [-0.25, -0.2) is 13.1 Å². The van der Waals surface area contributed by atoms with Crippen molar-refractivity contribution < 1.29 is 21.6 Å². The zero-order chi connectivity index (χ0) is 18.8. The van der Waals surface area contributed by atoms with Crippen LogP contribution in [0, 0.1) is 6.92 Å². The first-order valence-corrected chi connectivity index (χ1v) is 9.05. The minimum absolute atomic E-state index is 0.114. The number of hydrogen-bond acceptors (Lipinski definition) is 7. The number of alkyl halides is 3. The van der Waals surface area contributed by atoms with E-state index in [2.05, 4.69) is 19.7 Å². The Bertz CT molecular complexity index is 855. The van der Waals surface area contributed by atoms with Crippen LogP contribution in [0.4, 0.5) is 25.1 Å². The van der Waals surface area contributed by atoms with Crippen molar-refractivity contribution in [2.45, 2.75) is 22.2 Å². The zero-order valence-corrected chi connectivity index (χ0v) is 15.0. The standard InChI is InChI=1S/C13H14F3N5O2S2/c1-8-17-11(19-12(18-8)21(2)3)20-25(22,23)10-6-4-9(5-7-10)24-13(14,15)16/h4-7H,1-3H3,(H,17,18,19,20). The van der Waals surface area contributed by atoms with Gasteiger partial charge < -0.3 is 4.90 Å². The highest BCUT2D eigenvalue weighted by Gasteiger charge is 2.29. The SMILES string of the molecule is Cc1nc(NS(=O)(=O)c2ccc(SC(F)(F)F)cc2)nc(N(C)C)n1. The van der Waals surface area contributed by atoms with Crippen molar-refractivity contribution in [3.63, 3.8) is 0 Å². The van der Waals surface area contributed by atoms with E-state index in [0.717, 1.165) is 24.3 Å². The molecular formula is C13H14F3N5O2S2. The summed E-state index contributed by atoms with van der Waals surface area (Å²) in [6, 6.07) is 4.32. The molecule has 2 rings (SSSR count). The lowest BCUT2D eigenvalue weighted by Gasteiger charge is -2.13. The van der Waals surface area contributed by atoms with Gasteiger partial charge in [-0.2, -0.15) is 28.1 Å². The van der Waals surface area contributed by atoms with Gasteiger partial charge in [-0.1, -0.05) is 0 Å². The van der Waals surface area contributed by atoms with Gasteiger partial charge in [0.15, 0.2) is 0 Å². The van der Waals surface area contributed by atoms with E-state index in [9.17, 15) is 21.6 Å². The van der Waals surface area contributed by atoms with E-state index in [0.29, 0.717) is 5.82 Å². The highest BCUT2D eigenvalue weighted by Crippen LogP contribution is 2.37. The number of sulfonamides is 1. The maximum absolute atomic E-state index is 12.3. The van der Waals surface area contributed by atoms with Gasteiger partial charge in [0.2, 0.25) is 11.9 Å². The van der Waals surface area contributed by atoms with Crippen molar-refractivity contribution in [1.29, 1.82) is 0 Å². The summed E-state index contributed by atoms with van der Waals surface area (Å²) in [5, 5.41) is 0. The molecule has 1 heterocycles. The van der Waals surface area contributed by atoms with Crippen molar-refractivity contribution in [2.24, 2.45) is 0 Å². The third-order valence-electron chi connectivity index (χ3n) is 2.73. The maximum atomic E-state index is 12.3. The van der Waals surface area contributed by atoms with Gasteiger partial charge in [0.25, 0.3) is 10.0 Å². The number of benzene rings is 1. The molecule has 0 amide bonds. The molecule has 0 unspecified atom stereocenters. The normalized spacial score (nSPS) is 12.1. The average Bonchev–Trinajstić information content (AvgIpc) is 2.44. The molecule has 1 aromatic heterocycles. The number of thioether (sulfide) groups is 1. The van der Waals surface area contributed by atoms with Gasteiger partial charge >= 0.3 is 5.51 Å². The smallest absolute Gasteiger partial charge is 0.347 e. The summed E-state index contributed by atoms with van der Waals surface area (Å²) < 4.78 is 63.8. The second-order valence-corrected chi connectivity index (χ2v) is 7.85. The van der Waals surface area contributed by atoms with Crippen LogP contribution in [0.15, 0.2) is 34.1 Å². The number of anilines is 2. The lowest BCUT2D eigenvalue weighted by molar-refractivity contribution is -0.0328. The number of nitrogens with one attached hydrogen (secondary N) is 1. The van der Waals surface area contributed by atoms with Crippen molar-refractivity contribution in [1.82, 2.24) is 15.0 Å². The van der Waals surface area contributed by atoms with E-state index in [4.69, 9.17) is 0 Å². The third-order valence-corrected chi connectivity index (χ3v) is 4.81. The number of aryl methyl sites for hydroxylation is 1. The molecule has 0 spiro atoms. The molecule has 12 heteroatoms. The van der Waals surface area contributed by atoms with Crippen LogP contribution in [0.3, 0.4) is 0 Å². The van der Waals surface area contributed by atoms with Gasteiger partial charge in [-0.05, 0) is 43.0 Å². The number of aromatic nitrogens is 3. The Morgan fingerprint density at radius 1 is 1.08 bits per heavy atom. The first kappa shape index (κ1) is 19.2. The van der Waals surface area contributed by atoms with E-state index >= 15 is 0 Å². The Balaban J connectivity index is 2.25. The Hall–Kier alpha value is -2.08. The highest BCUT2D eigenvalue weighted by atomic mass is 32.2. The molecule has 0 fully saturated rings. The number of hydrogen-bond donors (Lipinski definition) is 1. The predicted octanol–water partition coefficient (Wildman–Crippen LogP) is 2.66. The van der Waals surface area contributed by atoms with E-state index in [-0.39, 0.29) is 33.4 Å². The van der Waals surface area contributed by atoms with Gasteiger partial charge in [0, 0.05) is 19.0 Å². The lowest BCUT2D eigenvalue weighted by Crippen LogP contribution is -2.19. The second kappa shape index (κ2) is 7.04. The summed E-state index contributed by atoms with van der Waals surface area (Å²) >= 11 is -0.323. The predicted molar refractivity (Wildman–Crippen MR) is 88.1 cm³/mol. The quantitative estimate of drug-likeness (QED) is 0.782. The lowest BCUT2D eigenvalue weighted by atomic mass is 10.4. The molecule has 1 aromatic carbocycles. The highest BCUT2D eigenvalue weighted by molar-refractivity contribution is 8.00. The summed E-state index contributed by atoms with van der Waals surface area (Å²) in [5.74, 6) is 0.403. The number of halogens is 3. The van der Waals surface area contributed by atoms with Crippen LogP contribution in [-0.2, 0) is 10.0 Å². The molecule has 1 N–H and O–H groups in total. The van der Waals surface area contributed by atoms with Crippen LogP contribution >= 0.6 is 11.8 Å². The fourth-order valence-corrected chi connectivity index (χ4v) is 3.20. The molecule has 25 heavy (non-hydrogen) atoms. The van der Waals surface area contributed by atoms with Crippen molar-refractivity contribution in [3.05, 3.63) is 30.1 Å². The molecule has 0 aliphatic carbocycles. The van der Waals surface area contributed by atoms with E-state index in [1.807, 2.05) is 0 Å². The molecule has 0 atom stereocenters. The van der Waals surface area contributed by atoms with Gasteiger partial charge in [-0.3, -0.25) is 0 Å². The molecule has 0 aliphatic heterocycles. The summed E-state index contributed by atoms with van der Waals surface area (Å²) in [6.07, 6.45) is 0. The van der Waals surface area contributed by atoms with Crippen molar-refractivity contribution >= 4 is 33.7 Å². The summed E-state index contributed by atoms with van der Waals surface area (Å²) in [6.45, 7) is 1.58. The monoisotopic (exact) mass is 393 g/mol. The first-order chi connectivity index (χ1) is 11.5. The molecule has 0 aliphatic rings. The molecule has 0 bridgehead atoms. The maximum Gasteiger partial charge on any atom is 0.446 e. The topological polar surface area (TPSA) is 88.1 Å². The van der Waals surface area contributed by atoms with E-state index in [1.54, 1.807) is 25.9 Å². The van der Waals surface area contributed by atoms with Crippen LogP contribution in [0.5, 0.6) is 0 Å². The Morgan fingerprint density at radius 3 is 2.20 bits per heavy atom. The van der Waals surface area contributed by atoms with Crippen molar-refractivity contribution in [2.75, 3.05) is 23.7 Å². The molecule has 136 valence electrons. The molecule has 7 nitrogen and oxygen atoms in total. The van der Waals surface area contributed by atoms with Gasteiger partial charge in [0.05, 0.1) is 4.90 Å². The fraction of sp³-hybridized carbons (Fsp3) is 0.308. The minimum atomic E-state index is -4.44. The Morgan fingerprint density at radius 2 is 1.68 bits per heavy atom. The zero-order valence-electron chi connectivity index (χ0n) is 13.4. The molecule has 0 saturated heterocycles. The first-order valence-electron chi connectivity index (χ1n) is 6.75. The Kier molecular flexibility index (Phi) is 5.42. The molecular weight excluding hydrogens is 379 g/mol. The van der Waals surface area contributed by atoms with Crippen LogP contribution < -0.4 is 9.62 Å². The van der Waals surface area contributed by atoms with Crippen LogP contribution in [0.1, 0.15) is 5.82 Å². The minimum Gasteiger partial charge on any atom is -0.347 e. The van der Waals surface area contributed by atoms with Crippen LogP contribution in [0.25, 0.3) is 0 Å². The summed E-state index contributed by atoms with van der Waals surface area (Å²) in [5.41, 5.74) is -4.44. The summed E-state index contributed by atoms with van der Waals surface area (Å²) in [4.78, 5) is 13.2.